The topological polar surface area (TPSA) is 75.3 Å². The zero-order chi connectivity index (χ0) is 15.3. The van der Waals surface area contributed by atoms with E-state index >= 15 is 0 Å². The number of rotatable bonds is 5. The molecule has 0 atom stereocenters. The molecular weight excluding hydrogens is 356 g/mol. The molecule has 0 saturated carbocycles. The van der Waals surface area contributed by atoms with Crippen molar-refractivity contribution >= 4 is 37.5 Å². The van der Waals surface area contributed by atoms with Gasteiger partial charge in [0.05, 0.1) is 11.4 Å². The third-order valence-corrected chi connectivity index (χ3v) is 4.55. The molecule has 2 aromatic carbocycles. The maximum atomic E-state index is 12.0. The zero-order valence-electron chi connectivity index (χ0n) is 10.9. The molecule has 0 saturated heterocycles. The van der Waals surface area contributed by atoms with Crippen molar-refractivity contribution in [3.63, 3.8) is 0 Å². The molecule has 0 bridgehead atoms. The quantitative estimate of drug-likeness (QED) is 0.850. The molecule has 0 radical (unpaired) electrons. The summed E-state index contributed by atoms with van der Waals surface area (Å²) >= 11 is 3.23. The van der Waals surface area contributed by atoms with Crippen molar-refractivity contribution in [2.75, 3.05) is 11.9 Å². The minimum atomic E-state index is -3.70. The molecule has 0 unspecified atom stereocenters. The Labute approximate surface area is 131 Å². The summed E-state index contributed by atoms with van der Waals surface area (Å²) in [5, 5.41) is 2.60. The van der Waals surface area contributed by atoms with Gasteiger partial charge >= 0.3 is 0 Å². The molecule has 1 amide bonds. The van der Waals surface area contributed by atoms with Crippen LogP contribution in [0.25, 0.3) is 0 Å². The van der Waals surface area contributed by atoms with Gasteiger partial charge in [0.15, 0.2) is 0 Å². The Balaban J connectivity index is 1.95. The maximum Gasteiger partial charge on any atom is 0.241 e. The van der Waals surface area contributed by atoms with E-state index in [0.717, 1.165) is 4.47 Å². The van der Waals surface area contributed by atoms with E-state index < -0.39 is 15.9 Å². The van der Waals surface area contributed by atoms with Crippen LogP contribution < -0.4 is 10.0 Å². The monoisotopic (exact) mass is 368 g/mol. The summed E-state index contributed by atoms with van der Waals surface area (Å²) in [5.41, 5.74) is 0.616. The predicted octanol–water partition coefficient (Wildman–Crippen LogP) is 2.37. The van der Waals surface area contributed by atoms with Gasteiger partial charge in [-0.2, -0.15) is 0 Å². The fraction of sp³-hybridized carbons (Fsp3) is 0.0714. The highest BCUT2D eigenvalue weighted by Crippen LogP contribution is 2.14. The molecule has 0 aliphatic rings. The van der Waals surface area contributed by atoms with Gasteiger partial charge in [0.1, 0.15) is 0 Å². The minimum absolute atomic E-state index is 0.109. The van der Waals surface area contributed by atoms with Crippen LogP contribution in [0.15, 0.2) is 64.0 Å². The van der Waals surface area contributed by atoms with Gasteiger partial charge in [-0.05, 0) is 36.4 Å². The lowest BCUT2D eigenvalue weighted by molar-refractivity contribution is -0.115. The number of carbonyl (C=O) groups excluding carboxylic acids is 1. The highest BCUT2D eigenvalue weighted by molar-refractivity contribution is 9.10. The van der Waals surface area contributed by atoms with Crippen LogP contribution in [-0.2, 0) is 14.8 Å². The number of amides is 1. The first-order chi connectivity index (χ1) is 9.97. The number of anilines is 1. The molecule has 5 nitrogen and oxygen atoms in total. The van der Waals surface area contributed by atoms with Gasteiger partial charge in [-0.3, -0.25) is 4.79 Å². The number of benzene rings is 2. The number of carbonyl (C=O) groups is 1. The summed E-state index contributed by atoms with van der Waals surface area (Å²) in [6.45, 7) is -0.326. The molecule has 110 valence electrons. The van der Waals surface area contributed by atoms with E-state index in [1.165, 1.54) is 12.1 Å². The van der Waals surface area contributed by atoms with Gasteiger partial charge in [0.25, 0.3) is 0 Å². The highest BCUT2D eigenvalue weighted by Gasteiger charge is 2.15. The van der Waals surface area contributed by atoms with E-state index in [1.807, 2.05) is 6.07 Å². The van der Waals surface area contributed by atoms with Gasteiger partial charge in [-0.25, -0.2) is 13.1 Å². The standard InChI is InChI=1S/C14H13BrN2O3S/c15-11-6-8-13(9-7-11)21(19,20)16-10-14(18)17-12-4-2-1-3-5-12/h1-9,16H,10H2,(H,17,18). The highest BCUT2D eigenvalue weighted by atomic mass is 79.9. The number of halogens is 1. The normalized spacial score (nSPS) is 11.1. The molecule has 7 heteroatoms. The fourth-order valence-electron chi connectivity index (χ4n) is 1.58. The summed E-state index contributed by atoms with van der Waals surface area (Å²) in [5.74, 6) is -0.429. The van der Waals surface area contributed by atoms with Crippen molar-refractivity contribution in [2.45, 2.75) is 4.90 Å². The Kier molecular flexibility index (Phi) is 5.11. The zero-order valence-corrected chi connectivity index (χ0v) is 13.3. The predicted molar refractivity (Wildman–Crippen MR) is 84.4 cm³/mol. The van der Waals surface area contributed by atoms with Crippen molar-refractivity contribution in [3.8, 4) is 0 Å². The van der Waals surface area contributed by atoms with Gasteiger partial charge < -0.3 is 5.32 Å². The first-order valence-corrected chi connectivity index (χ1v) is 8.35. The van der Waals surface area contributed by atoms with E-state index in [2.05, 4.69) is 26.0 Å². The number of nitrogens with one attached hydrogen (secondary N) is 2. The summed E-state index contributed by atoms with van der Waals surface area (Å²) in [4.78, 5) is 11.8. The van der Waals surface area contributed by atoms with Gasteiger partial charge in [-0.1, -0.05) is 34.1 Å². The Morgan fingerprint density at radius 3 is 2.24 bits per heavy atom. The SMILES string of the molecule is O=C(CNS(=O)(=O)c1ccc(Br)cc1)Nc1ccccc1. The number of sulfonamides is 1. The number of hydrogen-bond acceptors (Lipinski definition) is 3. The lowest BCUT2D eigenvalue weighted by atomic mass is 10.3. The fourth-order valence-corrected chi connectivity index (χ4v) is 2.83. The average Bonchev–Trinajstić information content (AvgIpc) is 2.47. The van der Waals surface area contributed by atoms with E-state index in [0.29, 0.717) is 5.69 Å². The molecular formula is C14H13BrN2O3S. The molecule has 0 aliphatic carbocycles. The van der Waals surface area contributed by atoms with E-state index in [4.69, 9.17) is 0 Å². The van der Waals surface area contributed by atoms with Gasteiger partial charge in [-0.15, -0.1) is 0 Å². The van der Waals surface area contributed by atoms with E-state index in [9.17, 15) is 13.2 Å². The van der Waals surface area contributed by atoms with Crippen LogP contribution in [0.1, 0.15) is 0 Å². The molecule has 2 N–H and O–H groups in total. The first-order valence-electron chi connectivity index (χ1n) is 6.07. The second-order valence-corrected chi connectivity index (χ2v) is 6.88. The molecule has 2 rings (SSSR count). The maximum absolute atomic E-state index is 12.0. The van der Waals surface area contributed by atoms with Crippen LogP contribution in [0, 0.1) is 0 Å². The summed E-state index contributed by atoms with van der Waals surface area (Å²) in [7, 11) is -3.70. The molecule has 0 aromatic heterocycles. The van der Waals surface area contributed by atoms with Crippen LogP contribution >= 0.6 is 15.9 Å². The van der Waals surface area contributed by atoms with Crippen LogP contribution in [0.3, 0.4) is 0 Å². The second-order valence-electron chi connectivity index (χ2n) is 4.19. The Bertz CT molecular complexity index is 716. The van der Waals surface area contributed by atoms with E-state index in [1.54, 1.807) is 36.4 Å². The van der Waals surface area contributed by atoms with Crippen molar-refractivity contribution in [1.82, 2.24) is 4.72 Å². The Morgan fingerprint density at radius 1 is 1.00 bits per heavy atom. The average molecular weight is 369 g/mol. The Hall–Kier alpha value is -1.70. The smallest absolute Gasteiger partial charge is 0.241 e. The third kappa shape index (κ3) is 4.66. The number of hydrogen-bond donors (Lipinski definition) is 2. The lowest BCUT2D eigenvalue weighted by Gasteiger charge is -2.08. The molecule has 2 aromatic rings. The van der Waals surface area contributed by atoms with Crippen molar-refractivity contribution in [1.29, 1.82) is 0 Å². The van der Waals surface area contributed by atoms with Gasteiger partial charge in [0.2, 0.25) is 15.9 Å². The summed E-state index contributed by atoms with van der Waals surface area (Å²) < 4.78 is 27.0. The van der Waals surface area contributed by atoms with Crippen molar-refractivity contribution in [2.24, 2.45) is 0 Å². The largest absolute Gasteiger partial charge is 0.325 e. The van der Waals surface area contributed by atoms with Crippen LogP contribution in [0.4, 0.5) is 5.69 Å². The summed E-state index contributed by atoms with van der Waals surface area (Å²) in [6, 6.07) is 15.0. The second kappa shape index (κ2) is 6.84. The van der Waals surface area contributed by atoms with Crippen LogP contribution in [-0.4, -0.2) is 20.9 Å². The molecule has 0 aliphatic heterocycles. The minimum Gasteiger partial charge on any atom is -0.325 e. The molecule has 0 fully saturated rings. The number of para-hydroxylation sites is 1. The Morgan fingerprint density at radius 2 is 1.62 bits per heavy atom. The van der Waals surface area contributed by atoms with Gasteiger partial charge in [0, 0.05) is 10.2 Å². The van der Waals surface area contributed by atoms with Crippen molar-refractivity contribution in [3.05, 3.63) is 59.1 Å². The van der Waals surface area contributed by atoms with Crippen LogP contribution in [0.2, 0.25) is 0 Å². The molecule has 21 heavy (non-hydrogen) atoms. The van der Waals surface area contributed by atoms with Crippen LogP contribution in [0.5, 0.6) is 0 Å². The molecule has 0 heterocycles. The molecule has 0 spiro atoms. The first kappa shape index (κ1) is 15.7. The van der Waals surface area contributed by atoms with Crippen molar-refractivity contribution < 1.29 is 13.2 Å². The summed E-state index contributed by atoms with van der Waals surface area (Å²) in [6.07, 6.45) is 0. The van der Waals surface area contributed by atoms with E-state index in [-0.39, 0.29) is 11.4 Å². The lowest BCUT2D eigenvalue weighted by Crippen LogP contribution is -2.32. The third-order valence-electron chi connectivity index (χ3n) is 2.60.